The molecule has 1 fully saturated rings. The van der Waals surface area contributed by atoms with Crippen molar-refractivity contribution in [3.8, 4) is 0 Å². The van der Waals surface area contributed by atoms with Gasteiger partial charge in [-0.2, -0.15) is 0 Å². The molecule has 0 amide bonds. The van der Waals surface area contributed by atoms with Crippen LogP contribution in [0.15, 0.2) is 23.0 Å². The van der Waals surface area contributed by atoms with E-state index in [2.05, 4.69) is 32.7 Å². The molecule has 0 aliphatic heterocycles. The van der Waals surface area contributed by atoms with Crippen LogP contribution in [0.3, 0.4) is 0 Å². The Morgan fingerprint density at radius 3 is 2.67 bits per heavy atom. The van der Waals surface area contributed by atoms with Crippen molar-refractivity contribution in [3.63, 3.8) is 0 Å². The van der Waals surface area contributed by atoms with E-state index in [0.717, 1.165) is 13.1 Å². The van der Waals surface area contributed by atoms with Gasteiger partial charge in [0.05, 0.1) is 12.5 Å². The first kappa shape index (κ1) is 13.6. The molecule has 1 aromatic rings. The molecule has 1 aliphatic carbocycles. The minimum atomic E-state index is 0.126. The van der Waals surface area contributed by atoms with Crippen molar-refractivity contribution in [1.29, 1.82) is 0 Å². The zero-order chi connectivity index (χ0) is 13.4. The second-order valence-corrected chi connectivity index (χ2v) is 6.74. The number of nitrogens with zero attached hydrogens (tertiary/aromatic N) is 1. The number of hydrogen-bond acceptors (Lipinski definition) is 3. The van der Waals surface area contributed by atoms with Gasteiger partial charge in [-0.25, -0.2) is 0 Å². The second-order valence-electron chi connectivity index (χ2n) is 6.74. The summed E-state index contributed by atoms with van der Waals surface area (Å²) in [7, 11) is 2.19. The molecule has 2 unspecified atom stereocenters. The van der Waals surface area contributed by atoms with Crippen molar-refractivity contribution in [2.45, 2.75) is 45.7 Å². The SMILES string of the molecule is CC1CC(C)(C)CC1(CN)N(C)Cc1ccoc1. The maximum Gasteiger partial charge on any atom is 0.0947 e. The Morgan fingerprint density at radius 1 is 1.50 bits per heavy atom. The normalized spacial score (nSPS) is 31.1. The minimum absolute atomic E-state index is 0.126. The maximum atomic E-state index is 6.15. The topological polar surface area (TPSA) is 42.4 Å². The average Bonchev–Trinajstić information content (AvgIpc) is 2.84. The summed E-state index contributed by atoms with van der Waals surface area (Å²) in [5, 5.41) is 0. The van der Waals surface area contributed by atoms with Crippen LogP contribution in [-0.4, -0.2) is 24.0 Å². The minimum Gasteiger partial charge on any atom is -0.472 e. The van der Waals surface area contributed by atoms with Crippen LogP contribution in [-0.2, 0) is 6.54 Å². The van der Waals surface area contributed by atoms with Gasteiger partial charge < -0.3 is 10.2 Å². The largest absolute Gasteiger partial charge is 0.472 e. The number of likely N-dealkylation sites (N-methyl/N-ethyl adjacent to an activating group) is 1. The molecular formula is C15H26N2O. The highest BCUT2D eigenvalue weighted by molar-refractivity contribution is 5.10. The van der Waals surface area contributed by atoms with Gasteiger partial charge in [0.1, 0.15) is 0 Å². The molecule has 3 nitrogen and oxygen atoms in total. The molecule has 0 radical (unpaired) electrons. The average molecular weight is 250 g/mol. The fourth-order valence-corrected chi connectivity index (χ4v) is 3.85. The first-order chi connectivity index (χ1) is 8.39. The fraction of sp³-hybridized carbons (Fsp3) is 0.733. The summed E-state index contributed by atoms with van der Waals surface area (Å²) in [6, 6.07) is 2.03. The van der Waals surface area contributed by atoms with Crippen LogP contribution in [0.4, 0.5) is 0 Å². The molecule has 0 spiro atoms. The van der Waals surface area contributed by atoms with Crippen LogP contribution in [0.5, 0.6) is 0 Å². The molecular weight excluding hydrogens is 224 g/mol. The lowest BCUT2D eigenvalue weighted by Crippen LogP contribution is -2.53. The van der Waals surface area contributed by atoms with Gasteiger partial charge in [0.25, 0.3) is 0 Å². The van der Waals surface area contributed by atoms with E-state index in [1.165, 1.54) is 18.4 Å². The van der Waals surface area contributed by atoms with Gasteiger partial charge in [0, 0.05) is 24.2 Å². The molecule has 0 saturated heterocycles. The maximum absolute atomic E-state index is 6.15. The Hall–Kier alpha value is -0.800. The van der Waals surface area contributed by atoms with Gasteiger partial charge >= 0.3 is 0 Å². The van der Waals surface area contributed by atoms with E-state index in [0.29, 0.717) is 11.3 Å². The third-order valence-electron chi connectivity index (χ3n) is 4.67. The highest BCUT2D eigenvalue weighted by Gasteiger charge is 2.49. The molecule has 1 aromatic heterocycles. The molecule has 1 heterocycles. The third kappa shape index (κ3) is 2.34. The van der Waals surface area contributed by atoms with Crippen LogP contribution in [0.2, 0.25) is 0 Å². The van der Waals surface area contributed by atoms with Gasteiger partial charge in [-0.05, 0) is 37.3 Å². The van der Waals surface area contributed by atoms with Crippen molar-refractivity contribution >= 4 is 0 Å². The molecule has 3 heteroatoms. The molecule has 2 atom stereocenters. The van der Waals surface area contributed by atoms with E-state index in [1.54, 1.807) is 6.26 Å². The van der Waals surface area contributed by atoms with E-state index in [4.69, 9.17) is 10.2 Å². The van der Waals surface area contributed by atoms with E-state index in [1.807, 2.05) is 12.3 Å². The lowest BCUT2D eigenvalue weighted by molar-refractivity contribution is 0.0784. The molecule has 2 N–H and O–H groups in total. The van der Waals surface area contributed by atoms with Crippen molar-refractivity contribution in [1.82, 2.24) is 4.90 Å². The Bertz CT molecular complexity index is 385. The highest BCUT2D eigenvalue weighted by atomic mass is 16.3. The number of hydrogen-bond donors (Lipinski definition) is 1. The highest BCUT2D eigenvalue weighted by Crippen LogP contribution is 2.49. The predicted molar refractivity (Wildman–Crippen MR) is 74.1 cm³/mol. The molecule has 1 saturated carbocycles. The monoisotopic (exact) mass is 250 g/mol. The van der Waals surface area contributed by atoms with Crippen molar-refractivity contribution < 1.29 is 4.42 Å². The van der Waals surface area contributed by atoms with Gasteiger partial charge in [-0.15, -0.1) is 0 Å². The van der Waals surface area contributed by atoms with Crippen molar-refractivity contribution in [2.75, 3.05) is 13.6 Å². The Kier molecular flexibility index (Phi) is 3.56. The predicted octanol–water partition coefficient (Wildman–Crippen LogP) is 2.87. The smallest absolute Gasteiger partial charge is 0.0947 e. The van der Waals surface area contributed by atoms with Crippen LogP contribution < -0.4 is 5.73 Å². The zero-order valence-electron chi connectivity index (χ0n) is 12.1. The van der Waals surface area contributed by atoms with Gasteiger partial charge in [0.2, 0.25) is 0 Å². The summed E-state index contributed by atoms with van der Waals surface area (Å²) < 4.78 is 5.15. The second kappa shape index (κ2) is 4.71. The fourth-order valence-electron chi connectivity index (χ4n) is 3.85. The van der Waals surface area contributed by atoms with Crippen LogP contribution in [0.25, 0.3) is 0 Å². The van der Waals surface area contributed by atoms with Gasteiger partial charge in [-0.1, -0.05) is 20.8 Å². The molecule has 0 aromatic carbocycles. The van der Waals surface area contributed by atoms with Gasteiger partial charge in [0.15, 0.2) is 0 Å². The van der Waals surface area contributed by atoms with Gasteiger partial charge in [-0.3, -0.25) is 4.90 Å². The molecule has 102 valence electrons. The molecule has 2 rings (SSSR count). The first-order valence-corrected chi connectivity index (χ1v) is 6.82. The third-order valence-corrected chi connectivity index (χ3v) is 4.67. The number of furan rings is 1. The van der Waals surface area contributed by atoms with Crippen LogP contribution in [0, 0.1) is 11.3 Å². The number of nitrogens with two attached hydrogens (primary N) is 1. The Labute approximate surface area is 110 Å². The summed E-state index contributed by atoms with van der Waals surface area (Å²) in [6.45, 7) is 8.69. The standard InChI is InChI=1S/C15H26N2O/c1-12-7-14(2,3)10-15(12,11-16)17(4)8-13-5-6-18-9-13/h5-6,9,12H,7-8,10-11,16H2,1-4H3. The quantitative estimate of drug-likeness (QED) is 0.893. The summed E-state index contributed by atoms with van der Waals surface area (Å²) in [6.07, 6.45) is 5.98. The van der Waals surface area contributed by atoms with Crippen molar-refractivity contribution in [2.24, 2.45) is 17.1 Å². The van der Waals surface area contributed by atoms with Crippen LogP contribution in [0.1, 0.15) is 39.2 Å². The molecule has 18 heavy (non-hydrogen) atoms. The molecule has 0 bridgehead atoms. The van der Waals surface area contributed by atoms with Crippen LogP contribution >= 0.6 is 0 Å². The molecule has 1 aliphatic rings. The number of rotatable bonds is 4. The van der Waals surface area contributed by atoms with E-state index < -0.39 is 0 Å². The lowest BCUT2D eigenvalue weighted by atomic mass is 9.84. The lowest BCUT2D eigenvalue weighted by Gasteiger charge is -2.42. The Morgan fingerprint density at radius 2 is 2.22 bits per heavy atom. The van der Waals surface area contributed by atoms with E-state index in [-0.39, 0.29) is 5.54 Å². The summed E-state index contributed by atoms with van der Waals surface area (Å²) >= 11 is 0. The summed E-state index contributed by atoms with van der Waals surface area (Å²) in [5.74, 6) is 0.634. The summed E-state index contributed by atoms with van der Waals surface area (Å²) in [4.78, 5) is 2.43. The van der Waals surface area contributed by atoms with Crippen molar-refractivity contribution in [3.05, 3.63) is 24.2 Å². The van der Waals surface area contributed by atoms with E-state index in [9.17, 15) is 0 Å². The Balaban J connectivity index is 2.17. The zero-order valence-corrected chi connectivity index (χ0v) is 12.1. The summed E-state index contributed by atoms with van der Waals surface area (Å²) in [5.41, 5.74) is 7.89. The van der Waals surface area contributed by atoms with E-state index >= 15 is 0 Å². The first-order valence-electron chi connectivity index (χ1n) is 6.82.